The monoisotopic (exact) mass is 505 g/mol. The molecule has 11 heteroatoms. The van der Waals surface area contributed by atoms with E-state index < -0.39 is 34.0 Å². The van der Waals surface area contributed by atoms with E-state index in [1.165, 1.54) is 19.2 Å². The molecule has 0 saturated heterocycles. The molecule has 0 fully saturated rings. The van der Waals surface area contributed by atoms with Gasteiger partial charge in [0.25, 0.3) is 0 Å². The van der Waals surface area contributed by atoms with E-state index in [1.807, 2.05) is 6.92 Å². The quantitative estimate of drug-likeness (QED) is 0.298. The third kappa shape index (κ3) is 8.69. The standard InChI is InChI=1S/C24H31N3O7S/c1-4-34-22(28)19-9-5-6-10-20(19)26-24(30)25-16-8-7-11-21(23(29)33-3)27-35(31,32)18-14-12-17(2)13-15-18/h5-6,9-10,12-15,21,27H,4,7-8,11,16H2,1-3H3,(H2,25,26,30). The van der Waals surface area contributed by atoms with Crippen molar-refractivity contribution in [2.75, 3.05) is 25.6 Å². The van der Waals surface area contributed by atoms with Crippen molar-refractivity contribution in [3.8, 4) is 0 Å². The number of urea groups is 1. The highest BCUT2D eigenvalue weighted by molar-refractivity contribution is 7.89. The van der Waals surface area contributed by atoms with E-state index in [0.717, 1.165) is 5.56 Å². The van der Waals surface area contributed by atoms with Gasteiger partial charge in [0.05, 0.1) is 29.9 Å². The van der Waals surface area contributed by atoms with Gasteiger partial charge >= 0.3 is 18.0 Å². The van der Waals surface area contributed by atoms with Crippen LogP contribution in [-0.2, 0) is 24.3 Å². The summed E-state index contributed by atoms with van der Waals surface area (Å²) >= 11 is 0. The molecule has 10 nitrogen and oxygen atoms in total. The van der Waals surface area contributed by atoms with E-state index in [9.17, 15) is 22.8 Å². The van der Waals surface area contributed by atoms with Crippen LogP contribution in [0.2, 0.25) is 0 Å². The summed E-state index contributed by atoms with van der Waals surface area (Å²) in [5.41, 5.74) is 1.47. The predicted octanol–water partition coefficient (Wildman–Crippen LogP) is 2.98. The molecule has 0 aliphatic heterocycles. The predicted molar refractivity (Wildman–Crippen MR) is 131 cm³/mol. The maximum absolute atomic E-state index is 12.6. The Morgan fingerprint density at radius 2 is 1.69 bits per heavy atom. The minimum Gasteiger partial charge on any atom is -0.468 e. The third-order valence-electron chi connectivity index (χ3n) is 4.99. The second-order valence-corrected chi connectivity index (χ2v) is 9.37. The number of sulfonamides is 1. The molecule has 2 aromatic carbocycles. The topological polar surface area (TPSA) is 140 Å². The Kier molecular flexibility index (Phi) is 10.7. The first-order valence-electron chi connectivity index (χ1n) is 11.2. The molecule has 0 spiro atoms. The van der Waals surface area contributed by atoms with Crippen LogP contribution in [0.1, 0.15) is 42.1 Å². The Balaban J connectivity index is 1.85. The van der Waals surface area contributed by atoms with Crippen molar-refractivity contribution in [1.82, 2.24) is 10.0 Å². The number of methoxy groups -OCH3 is 1. The zero-order valence-electron chi connectivity index (χ0n) is 20.0. The number of para-hydroxylation sites is 1. The zero-order chi connectivity index (χ0) is 25.8. The van der Waals surface area contributed by atoms with Gasteiger partial charge in [0.2, 0.25) is 10.0 Å². The second kappa shape index (κ2) is 13.4. The summed E-state index contributed by atoms with van der Waals surface area (Å²) in [6, 6.07) is 11.2. The molecule has 2 rings (SSSR count). The Labute approximate surface area is 205 Å². The fourth-order valence-electron chi connectivity index (χ4n) is 3.16. The summed E-state index contributed by atoms with van der Waals surface area (Å²) < 4.78 is 37.4. The lowest BCUT2D eigenvalue weighted by Gasteiger charge is -2.17. The fraction of sp³-hybridized carbons (Fsp3) is 0.375. The van der Waals surface area contributed by atoms with Crippen LogP contribution in [0.5, 0.6) is 0 Å². The zero-order valence-corrected chi connectivity index (χ0v) is 20.8. The lowest BCUT2D eigenvalue weighted by molar-refractivity contribution is -0.142. The number of hydrogen-bond donors (Lipinski definition) is 3. The van der Waals surface area contributed by atoms with Crippen molar-refractivity contribution >= 4 is 33.7 Å². The SMILES string of the molecule is CCOC(=O)c1ccccc1NC(=O)NCCCCC(NS(=O)(=O)c1ccc(C)cc1)C(=O)OC. The molecule has 1 unspecified atom stereocenters. The summed E-state index contributed by atoms with van der Waals surface area (Å²) in [5, 5.41) is 5.28. The van der Waals surface area contributed by atoms with Crippen molar-refractivity contribution in [2.45, 2.75) is 44.0 Å². The van der Waals surface area contributed by atoms with Crippen molar-refractivity contribution in [1.29, 1.82) is 0 Å². The molecular formula is C24H31N3O7S. The molecule has 0 saturated carbocycles. The highest BCUT2D eigenvalue weighted by atomic mass is 32.2. The second-order valence-electron chi connectivity index (χ2n) is 7.65. The average molecular weight is 506 g/mol. The number of hydrogen-bond acceptors (Lipinski definition) is 7. The maximum atomic E-state index is 12.6. The molecule has 0 radical (unpaired) electrons. The normalized spacial score (nSPS) is 11.9. The number of amides is 2. The molecule has 0 aromatic heterocycles. The Hall–Kier alpha value is -3.44. The molecule has 1 atom stereocenters. The molecule has 3 N–H and O–H groups in total. The van der Waals surface area contributed by atoms with Gasteiger partial charge in [-0.05, 0) is 57.4 Å². The van der Waals surface area contributed by atoms with E-state index in [0.29, 0.717) is 18.5 Å². The molecule has 2 aromatic rings. The third-order valence-corrected chi connectivity index (χ3v) is 6.48. The number of rotatable bonds is 12. The summed E-state index contributed by atoms with van der Waals surface area (Å²) in [7, 11) is -2.72. The Bertz CT molecular complexity index is 1120. The highest BCUT2D eigenvalue weighted by Crippen LogP contribution is 2.16. The number of ether oxygens (including phenoxy) is 2. The Morgan fingerprint density at radius 1 is 1.00 bits per heavy atom. The van der Waals surface area contributed by atoms with Crippen LogP contribution in [-0.4, -0.2) is 52.7 Å². The van der Waals surface area contributed by atoms with Crippen LogP contribution >= 0.6 is 0 Å². The number of aryl methyl sites for hydroxylation is 1. The van der Waals surface area contributed by atoms with Gasteiger partial charge in [-0.2, -0.15) is 4.72 Å². The number of anilines is 1. The van der Waals surface area contributed by atoms with Crippen LogP contribution in [0.4, 0.5) is 10.5 Å². The molecule has 0 aliphatic carbocycles. The molecule has 0 aliphatic rings. The van der Waals surface area contributed by atoms with Gasteiger partial charge in [-0.25, -0.2) is 18.0 Å². The summed E-state index contributed by atoms with van der Waals surface area (Å²) in [6.45, 7) is 4.02. The number of unbranched alkanes of at least 4 members (excludes halogenated alkanes) is 1. The van der Waals surface area contributed by atoms with Crippen LogP contribution in [0, 0.1) is 6.92 Å². The molecular weight excluding hydrogens is 474 g/mol. The van der Waals surface area contributed by atoms with Crippen LogP contribution < -0.4 is 15.4 Å². The van der Waals surface area contributed by atoms with Gasteiger partial charge < -0.3 is 20.1 Å². The minimum absolute atomic E-state index is 0.0541. The van der Waals surface area contributed by atoms with E-state index in [4.69, 9.17) is 9.47 Å². The lowest BCUT2D eigenvalue weighted by atomic mass is 10.1. The van der Waals surface area contributed by atoms with Crippen molar-refractivity contribution in [3.05, 3.63) is 59.7 Å². The lowest BCUT2D eigenvalue weighted by Crippen LogP contribution is -2.41. The first kappa shape index (κ1) is 27.8. The molecule has 2 amide bonds. The van der Waals surface area contributed by atoms with Gasteiger partial charge in [-0.15, -0.1) is 0 Å². The summed E-state index contributed by atoms with van der Waals surface area (Å²) in [4.78, 5) is 36.4. The van der Waals surface area contributed by atoms with E-state index in [1.54, 1.807) is 43.3 Å². The fourth-order valence-corrected chi connectivity index (χ4v) is 4.38. The number of nitrogens with one attached hydrogen (secondary N) is 3. The molecule has 0 heterocycles. The first-order valence-corrected chi connectivity index (χ1v) is 12.6. The van der Waals surface area contributed by atoms with Crippen molar-refractivity contribution in [3.63, 3.8) is 0 Å². The summed E-state index contributed by atoms with van der Waals surface area (Å²) in [6.07, 6.45) is 1.11. The number of benzene rings is 2. The largest absolute Gasteiger partial charge is 0.468 e. The Morgan fingerprint density at radius 3 is 2.34 bits per heavy atom. The minimum atomic E-state index is -3.91. The van der Waals surface area contributed by atoms with Gasteiger partial charge in [0, 0.05) is 6.54 Å². The number of esters is 2. The smallest absolute Gasteiger partial charge is 0.340 e. The first-order chi connectivity index (χ1) is 16.7. The molecule has 190 valence electrons. The van der Waals surface area contributed by atoms with Crippen LogP contribution in [0.15, 0.2) is 53.4 Å². The van der Waals surface area contributed by atoms with Crippen molar-refractivity contribution < 1.29 is 32.3 Å². The van der Waals surface area contributed by atoms with Gasteiger partial charge in [0.15, 0.2) is 0 Å². The highest BCUT2D eigenvalue weighted by Gasteiger charge is 2.26. The van der Waals surface area contributed by atoms with Gasteiger partial charge in [0.1, 0.15) is 6.04 Å². The van der Waals surface area contributed by atoms with Gasteiger partial charge in [-0.1, -0.05) is 29.8 Å². The van der Waals surface area contributed by atoms with E-state index in [2.05, 4.69) is 15.4 Å². The maximum Gasteiger partial charge on any atom is 0.340 e. The number of carbonyl (C=O) groups is 3. The number of carbonyl (C=O) groups excluding carboxylic acids is 3. The van der Waals surface area contributed by atoms with E-state index in [-0.39, 0.29) is 30.0 Å². The van der Waals surface area contributed by atoms with Crippen LogP contribution in [0.25, 0.3) is 0 Å². The average Bonchev–Trinajstić information content (AvgIpc) is 2.83. The van der Waals surface area contributed by atoms with Gasteiger partial charge in [-0.3, -0.25) is 4.79 Å². The molecule has 0 bridgehead atoms. The summed E-state index contributed by atoms with van der Waals surface area (Å²) in [5.74, 6) is -1.23. The van der Waals surface area contributed by atoms with Crippen molar-refractivity contribution in [2.24, 2.45) is 0 Å². The van der Waals surface area contributed by atoms with Crippen LogP contribution in [0.3, 0.4) is 0 Å². The van der Waals surface area contributed by atoms with E-state index >= 15 is 0 Å². The molecule has 35 heavy (non-hydrogen) atoms.